The van der Waals surface area contributed by atoms with Crippen molar-refractivity contribution in [2.24, 2.45) is 0 Å². The van der Waals surface area contributed by atoms with Gasteiger partial charge < -0.3 is 0 Å². The number of rotatable bonds is 4. The van der Waals surface area contributed by atoms with E-state index in [4.69, 9.17) is 9.79 Å². The Hall–Kier alpha value is -0.320. The van der Waals surface area contributed by atoms with Gasteiger partial charge in [0.25, 0.3) is 0 Å². The molecule has 0 radical (unpaired) electrons. The van der Waals surface area contributed by atoms with Crippen LogP contribution in [0.2, 0.25) is 0 Å². The monoisotopic (exact) mass is 330 g/mol. The van der Waals surface area contributed by atoms with Gasteiger partial charge in [-0.15, -0.1) is 0 Å². The van der Waals surface area contributed by atoms with E-state index in [-0.39, 0.29) is 0 Å². The van der Waals surface area contributed by atoms with Gasteiger partial charge in [0.2, 0.25) is 0 Å². The molecule has 0 saturated carbocycles. The third-order valence-electron chi connectivity index (χ3n) is 1.52. The average molecular weight is 330 g/mol. The molecule has 0 aliphatic carbocycles. The van der Waals surface area contributed by atoms with Gasteiger partial charge in [-0.05, 0) is 0 Å². The first-order valence-electron chi connectivity index (χ1n) is 4.27. The standard InChI is InChI=1S/C6H8F9O3P/c7-4(8,9)1-18-19(16,17,2-5(10,11)12)3-6(13,14)15/h16-17H,1-3H2. The normalized spacial score (nSPS) is 17.1. The van der Waals surface area contributed by atoms with Crippen molar-refractivity contribution < 1.29 is 53.8 Å². The minimum absolute atomic E-state index is 2.63. The maximum absolute atomic E-state index is 12.0. The van der Waals surface area contributed by atoms with Gasteiger partial charge in [-0.2, -0.15) is 0 Å². The Kier molecular flexibility index (Phi) is 4.82. The molecule has 0 aromatic rings. The van der Waals surface area contributed by atoms with Gasteiger partial charge in [-0.3, -0.25) is 0 Å². The number of hydrogen-bond donors (Lipinski definition) is 2. The second kappa shape index (κ2) is 4.90. The first kappa shape index (κ1) is 18.7. The van der Waals surface area contributed by atoms with Gasteiger partial charge in [-0.25, -0.2) is 0 Å². The molecule has 3 nitrogen and oxygen atoms in total. The van der Waals surface area contributed by atoms with E-state index in [1.54, 1.807) is 0 Å². The predicted molar refractivity (Wildman–Crippen MR) is 45.2 cm³/mol. The molecule has 13 heteroatoms. The van der Waals surface area contributed by atoms with E-state index in [1.165, 1.54) is 0 Å². The summed E-state index contributed by atoms with van der Waals surface area (Å²) in [5, 5.41) is 0. The van der Waals surface area contributed by atoms with Gasteiger partial charge in [0.1, 0.15) is 0 Å². The molecule has 2 N–H and O–H groups in total. The van der Waals surface area contributed by atoms with Crippen LogP contribution in [0.4, 0.5) is 39.5 Å². The van der Waals surface area contributed by atoms with E-state index in [0.29, 0.717) is 0 Å². The zero-order chi connectivity index (χ0) is 15.8. The van der Waals surface area contributed by atoms with E-state index < -0.39 is 44.7 Å². The molecule has 0 aromatic carbocycles. The van der Waals surface area contributed by atoms with E-state index in [2.05, 4.69) is 4.52 Å². The molecule has 0 saturated heterocycles. The predicted octanol–water partition coefficient (Wildman–Crippen LogP) is 2.97. The second-order valence-corrected chi connectivity index (χ2v) is 7.23. The van der Waals surface area contributed by atoms with Gasteiger partial charge in [0.15, 0.2) is 0 Å². The molecule has 0 aliphatic heterocycles. The number of alkyl halides is 9. The van der Waals surface area contributed by atoms with Crippen LogP contribution in [-0.4, -0.2) is 47.2 Å². The topological polar surface area (TPSA) is 49.7 Å². The van der Waals surface area contributed by atoms with Crippen LogP contribution in [0, 0.1) is 0 Å². The molecule has 0 heterocycles. The molecule has 118 valence electrons. The zero-order valence-corrected chi connectivity index (χ0v) is 9.67. The maximum atomic E-state index is 12.0. The van der Waals surface area contributed by atoms with Crippen LogP contribution in [0.1, 0.15) is 0 Å². The molecule has 19 heavy (non-hydrogen) atoms. The van der Waals surface area contributed by atoms with Gasteiger partial charge in [-0.1, -0.05) is 0 Å². The van der Waals surface area contributed by atoms with Gasteiger partial charge in [0.05, 0.1) is 0 Å². The summed E-state index contributed by atoms with van der Waals surface area (Å²) >= 11 is 0. The summed E-state index contributed by atoms with van der Waals surface area (Å²) in [7, 11) is -7.08. The Balaban J connectivity index is 5.22. The van der Waals surface area contributed by atoms with E-state index in [1.807, 2.05) is 0 Å². The molecule has 0 unspecified atom stereocenters. The van der Waals surface area contributed by atoms with Gasteiger partial charge in [0, 0.05) is 0 Å². The summed E-state index contributed by atoms with van der Waals surface area (Å²) in [6.07, 6.45) is -22.2. The fourth-order valence-electron chi connectivity index (χ4n) is 1.09. The van der Waals surface area contributed by atoms with Crippen molar-refractivity contribution >= 4 is 7.28 Å². The van der Waals surface area contributed by atoms with Crippen LogP contribution in [0.25, 0.3) is 0 Å². The quantitative estimate of drug-likeness (QED) is 0.615. The van der Waals surface area contributed by atoms with Crippen LogP contribution in [0.5, 0.6) is 0 Å². The summed E-state index contributed by atoms with van der Waals surface area (Å²) in [5.41, 5.74) is 0. The van der Waals surface area contributed by atoms with Crippen LogP contribution >= 0.6 is 7.28 Å². The van der Waals surface area contributed by atoms with Crippen molar-refractivity contribution in [3.05, 3.63) is 0 Å². The Morgan fingerprint density at radius 2 is 1.00 bits per heavy atom. The third-order valence-corrected chi connectivity index (χ3v) is 4.23. The molecule has 0 aromatic heterocycles. The molecule has 0 amide bonds. The van der Waals surface area contributed by atoms with Crippen molar-refractivity contribution in [3.63, 3.8) is 0 Å². The van der Waals surface area contributed by atoms with Crippen LogP contribution < -0.4 is 0 Å². The summed E-state index contributed by atoms with van der Waals surface area (Å²) in [6, 6.07) is 0. The minimum atomic E-state index is -7.08. The molecular formula is C6H8F9O3P. The first-order chi connectivity index (χ1) is 7.90. The Morgan fingerprint density at radius 1 is 0.684 bits per heavy atom. The van der Waals surface area contributed by atoms with Crippen LogP contribution in [0.15, 0.2) is 0 Å². The molecule has 0 fully saturated rings. The number of halogens is 9. The summed E-state index contributed by atoms with van der Waals surface area (Å²) in [6.45, 7) is -2.63. The SMILES string of the molecule is OP(O)(CC(F)(F)F)(CC(F)(F)F)OCC(F)(F)F. The molecule has 0 atom stereocenters. The molecule has 0 spiro atoms. The molecular weight excluding hydrogens is 322 g/mol. The van der Waals surface area contributed by atoms with Crippen LogP contribution in [-0.2, 0) is 4.52 Å². The third kappa shape index (κ3) is 9.25. The van der Waals surface area contributed by atoms with Crippen LogP contribution in [0.3, 0.4) is 0 Å². The number of hydrogen-bond acceptors (Lipinski definition) is 3. The van der Waals surface area contributed by atoms with E-state index >= 15 is 0 Å². The Labute approximate surface area is 99.7 Å². The van der Waals surface area contributed by atoms with Crippen molar-refractivity contribution in [2.45, 2.75) is 18.5 Å². The van der Waals surface area contributed by atoms with E-state index in [9.17, 15) is 39.5 Å². The fourth-order valence-corrected chi connectivity index (χ4v) is 3.27. The fraction of sp³-hybridized carbons (Fsp3) is 1.00. The molecule has 0 aliphatic rings. The van der Waals surface area contributed by atoms with Crippen molar-refractivity contribution in [3.8, 4) is 0 Å². The Morgan fingerprint density at radius 3 is 1.21 bits per heavy atom. The van der Waals surface area contributed by atoms with Crippen molar-refractivity contribution in [1.82, 2.24) is 0 Å². The summed E-state index contributed by atoms with van der Waals surface area (Å²) < 4.78 is 110. The van der Waals surface area contributed by atoms with Gasteiger partial charge >= 0.3 is 98.6 Å². The zero-order valence-electron chi connectivity index (χ0n) is 8.77. The second-order valence-electron chi connectivity index (χ2n) is 3.74. The molecule has 0 bridgehead atoms. The van der Waals surface area contributed by atoms with E-state index in [0.717, 1.165) is 0 Å². The average Bonchev–Trinajstić information content (AvgIpc) is 1.90. The molecule has 0 rings (SSSR count). The summed E-state index contributed by atoms with van der Waals surface area (Å²) in [5.74, 6) is 0. The van der Waals surface area contributed by atoms with Crippen molar-refractivity contribution in [2.75, 3.05) is 18.9 Å². The first-order valence-corrected chi connectivity index (χ1v) is 6.70. The Bertz CT molecular complexity index is 297. The summed E-state index contributed by atoms with van der Waals surface area (Å²) in [4.78, 5) is 18.1. The van der Waals surface area contributed by atoms with Crippen molar-refractivity contribution in [1.29, 1.82) is 0 Å².